The summed E-state index contributed by atoms with van der Waals surface area (Å²) in [4.78, 5) is 24.1. The summed E-state index contributed by atoms with van der Waals surface area (Å²) in [6.07, 6.45) is 7.96. The van der Waals surface area contributed by atoms with Crippen LogP contribution in [0.1, 0.15) is 72.1 Å². The highest BCUT2D eigenvalue weighted by Crippen LogP contribution is 2.74. The van der Waals surface area contributed by atoms with Crippen molar-refractivity contribution in [2.75, 3.05) is 0 Å². The molecule has 4 saturated carbocycles. The van der Waals surface area contributed by atoms with Crippen LogP contribution in [0.4, 0.5) is 0 Å². The Kier molecular flexibility index (Phi) is 3.56. The highest BCUT2D eigenvalue weighted by atomic mass is 16.4. The number of aldehydes is 1. The molecule has 25 heavy (non-hydrogen) atoms. The van der Waals surface area contributed by atoms with Gasteiger partial charge in [0.1, 0.15) is 6.29 Å². The van der Waals surface area contributed by atoms with Crippen LogP contribution in [0.2, 0.25) is 0 Å². The molecular weight excluding hydrogens is 316 g/mol. The molecule has 0 aliphatic heterocycles. The van der Waals surface area contributed by atoms with Gasteiger partial charge >= 0.3 is 5.97 Å². The number of rotatable bonds is 2. The number of aliphatic hydroxyl groups excluding tert-OH is 1. The van der Waals surface area contributed by atoms with E-state index in [1.54, 1.807) is 0 Å². The fraction of sp³-hybridized carbons (Fsp3) is 0.905. The number of aliphatic hydroxyl groups is 1. The Labute approximate surface area is 150 Å². The Morgan fingerprint density at radius 3 is 2.36 bits per heavy atom. The van der Waals surface area contributed by atoms with E-state index in [0.717, 1.165) is 57.7 Å². The van der Waals surface area contributed by atoms with Crippen molar-refractivity contribution in [3.05, 3.63) is 0 Å². The molecule has 0 radical (unpaired) electrons. The third-order valence-electron chi connectivity index (χ3n) is 9.46. The predicted octanol–water partition coefficient (Wildman–Crippen LogP) is 3.66. The van der Waals surface area contributed by atoms with Gasteiger partial charge in [0, 0.05) is 5.92 Å². The predicted molar refractivity (Wildman–Crippen MR) is 93.9 cm³/mol. The minimum Gasteiger partial charge on any atom is -0.481 e. The number of aliphatic carboxylic acids is 1. The van der Waals surface area contributed by atoms with E-state index in [4.69, 9.17) is 0 Å². The van der Waals surface area contributed by atoms with Crippen LogP contribution in [0.3, 0.4) is 0 Å². The number of carboxylic acids is 1. The molecule has 4 heteroatoms. The molecule has 0 aromatic carbocycles. The first-order valence-corrected chi connectivity index (χ1v) is 10.0. The van der Waals surface area contributed by atoms with Crippen LogP contribution in [-0.2, 0) is 9.59 Å². The number of hydrogen-bond acceptors (Lipinski definition) is 3. The molecule has 4 rings (SSSR count). The first-order chi connectivity index (χ1) is 11.6. The first kappa shape index (κ1) is 17.5. The van der Waals surface area contributed by atoms with Crippen molar-refractivity contribution in [3.63, 3.8) is 0 Å². The van der Waals surface area contributed by atoms with E-state index in [2.05, 4.69) is 13.8 Å². The van der Waals surface area contributed by atoms with Crippen molar-refractivity contribution < 1.29 is 19.8 Å². The van der Waals surface area contributed by atoms with Gasteiger partial charge in [0.25, 0.3) is 0 Å². The average molecular weight is 348 g/mol. The van der Waals surface area contributed by atoms with E-state index in [0.29, 0.717) is 5.92 Å². The lowest BCUT2D eigenvalue weighted by Gasteiger charge is -2.64. The highest BCUT2D eigenvalue weighted by Gasteiger charge is 2.71. The number of hydrogen-bond donors (Lipinski definition) is 2. The number of fused-ring (bicyclic) bond motifs is 3. The van der Waals surface area contributed by atoms with Crippen LogP contribution in [0, 0.1) is 39.4 Å². The van der Waals surface area contributed by atoms with Crippen LogP contribution in [-0.4, -0.2) is 28.6 Å². The summed E-state index contributed by atoms with van der Waals surface area (Å²) in [5.41, 5.74) is -0.939. The summed E-state index contributed by atoms with van der Waals surface area (Å²) in [6, 6.07) is 0. The molecule has 0 saturated heterocycles. The molecule has 0 aromatic rings. The van der Waals surface area contributed by atoms with E-state index >= 15 is 0 Å². The molecule has 4 nitrogen and oxygen atoms in total. The molecule has 140 valence electrons. The quantitative estimate of drug-likeness (QED) is 0.747. The van der Waals surface area contributed by atoms with Crippen molar-refractivity contribution in [1.29, 1.82) is 0 Å². The fourth-order valence-electron chi connectivity index (χ4n) is 8.35. The van der Waals surface area contributed by atoms with Gasteiger partial charge in [0.2, 0.25) is 0 Å². The fourth-order valence-corrected chi connectivity index (χ4v) is 8.35. The molecule has 0 aromatic heterocycles. The lowest BCUT2D eigenvalue weighted by Crippen LogP contribution is -2.59. The zero-order chi connectivity index (χ0) is 18.3. The maximum absolute atomic E-state index is 12.1. The lowest BCUT2D eigenvalue weighted by molar-refractivity contribution is -0.187. The van der Waals surface area contributed by atoms with Crippen molar-refractivity contribution in [1.82, 2.24) is 0 Å². The van der Waals surface area contributed by atoms with Crippen LogP contribution in [0.25, 0.3) is 0 Å². The van der Waals surface area contributed by atoms with E-state index in [-0.39, 0.29) is 28.1 Å². The second-order valence-electron chi connectivity index (χ2n) is 10.4. The number of carbonyl (C=O) groups is 2. The zero-order valence-electron chi connectivity index (χ0n) is 15.8. The Morgan fingerprint density at radius 2 is 1.72 bits per heavy atom. The number of carboxylic acid groups (broad SMARTS) is 1. The second-order valence-corrected chi connectivity index (χ2v) is 10.4. The van der Waals surface area contributed by atoms with Crippen LogP contribution in [0.15, 0.2) is 0 Å². The summed E-state index contributed by atoms with van der Waals surface area (Å²) in [7, 11) is 0. The van der Waals surface area contributed by atoms with Crippen molar-refractivity contribution in [3.8, 4) is 0 Å². The Bertz CT molecular complexity index is 617. The average Bonchev–Trinajstić information content (AvgIpc) is 2.69. The van der Waals surface area contributed by atoms with Gasteiger partial charge in [-0.2, -0.15) is 0 Å². The smallest absolute Gasteiger partial charge is 0.309 e. The summed E-state index contributed by atoms with van der Waals surface area (Å²) < 4.78 is 0. The summed E-state index contributed by atoms with van der Waals surface area (Å²) >= 11 is 0. The van der Waals surface area contributed by atoms with Crippen molar-refractivity contribution in [2.45, 2.75) is 78.2 Å². The third kappa shape index (κ3) is 1.92. The van der Waals surface area contributed by atoms with Gasteiger partial charge in [-0.15, -0.1) is 0 Å². The van der Waals surface area contributed by atoms with Gasteiger partial charge in [-0.3, -0.25) is 4.79 Å². The monoisotopic (exact) mass is 348 g/mol. The molecule has 4 aliphatic carbocycles. The third-order valence-corrected chi connectivity index (χ3v) is 9.46. The minimum absolute atomic E-state index is 0.0315. The zero-order valence-corrected chi connectivity index (χ0v) is 15.8. The van der Waals surface area contributed by atoms with E-state index in [1.165, 1.54) is 0 Å². The van der Waals surface area contributed by atoms with E-state index in [1.807, 2.05) is 6.92 Å². The topological polar surface area (TPSA) is 74.6 Å². The molecule has 8 atom stereocenters. The van der Waals surface area contributed by atoms with Crippen molar-refractivity contribution >= 4 is 12.3 Å². The van der Waals surface area contributed by atoms with Gasteiger partial charge in [0.05, 0.1) is 11.5 Å². The normalized spacial score (nSPS) is 57.4. The summed E-state index contributed by atoms with van der Waals surface area (Å²) in [6.45, 7) is 6.40. The Hall–Kier alpha value is -0.900. The molecule has 2 bridgehead atoms. The van der Waals surface area contributed by atoms with Gasteiger partial charge in [-0.05, 0) is 80.0 Å². The van der Waals surface area contributed by atoms with E-state index in [9.17, 15) is 19.8 Å². The molecule has 0 amide bonds. The standard InChI is InChI=1S/C21H32O4/c1-18-9-5-15-19(2)7-4-8-20(3,17(24)25)14(19)6-10-21(15,12-18)13(11-22)16(18)23/h11,13-16,23H,4-10,12H2,1-3H3,(H,24,25)/t13-,14+,15+,16-,18+,19-,20-,21?/m1/s1. The minimum atomic E-state index is -0.654. The van der Waals surface area contributed by atoms with Gasteiger partial charge in [-0.25, -0.2) is 0 Å². The second kappa shape index (κ2) is 5.09. The summed E-state index contributed by atoms with van der Waals surface area (Å²) in [5, 5.41) is 20.9. The van der Waals surface area contributed by atoms with Gasteiger partial charge in [0.15, 0.2) is 0 Å². The van der Waals surface area contributed by atoms with Crippen molar-refractivity contribution in [2.24, 2.45) is 39.4 Å². The van der Waals surface area contributed by atoms with Gasteiger partial charge < -0.3 is 15.0 Å². The molecule has 4 aliphatic rings. The Balaban J connectivity index is 1.80. The molecule has 2 N–H and O–H groups in total. The van der Waals surface area contributed by atoms with Crippen LogP contribution >= 0.6 is 0 Å². The maximum Gasteiger partial charge on any atom is 0.309 e. The molecule has 1 spiro atoms. The van der Waals surface area contributed by atoms with Crippen LogP contribution < -0.4 is 0 Å². The van der Waals surface area contributed by atoms with Gasteiger partial charge in [-0.1, -0.05) is 20.3 Å². The molecule has 0 heterocycles. The SMILES string of the molecule is C[C@]12CC[C@@H]3C(CC[C@H]4[C@@]3(C)CCC[C@@]4(C)C(=O)O)(C1)[C@H](C=O)[C@H]2O. The van der Waals surface area contributed by atoms with Crippen LogP contribution in [0.5, 0.6) is 0 Å². The maximum atomic E-state index is 12.1. The lowest BCUT2D eigenvalue weighted by atomic mass is 9.39. The first-order valence-electron chi connectivity index (χ1n) is 10.0. The van der Waals surface area contributed by atoms with E-state index < -0.39 is 17.5 Å². The molecular formula is C21H32O4. The molecule has 4 fully saturated rings. The molecule has 1 unspecified atom stereocenters. The summed E-state index contributed by atoms with van der Waals surface area (Å²) in [5.74, 6) is -0.395. The largest absolute Gasteiger partial charge is 0.481 e. The number of carbonyl (C=O) groups excluding carboxylic acids is 1. The Morgan fingerprint density at radius 1 is 1.04 bits per heavy atom. The highest BCUT2D eigenvalue weighted by molar-refractivity contribution is 5.75.